The molecule has 0 spiro atoms. The molecule has 0 unspecified atom stereocenters. The fourth-order valence-corrected chi connectivity index (χ4v) is 6.05. The first-order chi connectivity index (χ1) is 12.3. The van der Waals surface area contributed by atoms with Crippen molar-refractivity contribution in [3.05, 3.63) is 40.0 Å². The summed E-state index contributed by atoms with van der Waals surface area (Å²) in [5, 5.41) is 0.742. The van der Waals surface area contributed by atoms with Crippen LogP contribution in [0.5, 0.6) is 0 Å². The summed E-state index contributed by atoms with van der Waals surface area (Å²) < 4.78 is 33.2. The number of fused-ring (bicyclic) bond motifs is 1. The Labute approximate surface area is 157 Å². The number of aryl methyl sites for hydroxylation is 3. The topological polar surface area (TPSA) is 76.6 Å². The van der Waals surface area contributed by atoms with E-state index < -0.39 is 16.0 Å². The minimum absolute atomic E-state index is 0.208. The van der Waals surface area contributed by atoms with E-state index in [9.17, 15) is 13.2 Å². The second-order valence-corrected chi connectivity index (χ2v) is 9.10. The van der Waals surface area contributed by atoms with E-state index in [1.807, 2.05) is 19.1 Å². The number of ether oxygens (including phenoxy) is 1. The van der Waals surface area contributed by atoms with Gasteiger partial charge in [-0.25, -0.2) is 18.2 Å². The number of thiazole rings is 1. The molecule has 0 amide bonds. The molecule has 0 fully saturated rings. The number of rotatable bonds is 4. The highest BCUT2D eigenvalue weighted by atomic mass is 32.2. The average molecular weight is 395 g/mol. The highest BCUT2D eigenvalue weighted by molar-refractivity contribution is 7.93. The molecule has 1 aromatic carbocycles. The summed E-state index contributed by atoms with van der Waals surface area (Å²) in [6.45, 7) is 6.04. The maximum Gasteiger partial charge on any atom is 0.367 e. The summed E-state index contributed by atoms with van der Waals surface area (Å²) >= 11 is 1.10. The number of hydrogen-bond donors (Lipinski definition) is 0. The van der Waals surface area contributed by atoms with Gasteiger partial charge in [-0.05, 0) is 57.2 Å². The molecule has 0 aliphatic carbocycles. The molecule has 0 N–H and O–H groups in total. The van der Waals surface area contributed by atoms with Gasteiger partial charge in [0.05, 0.1) is 17.2 Å². The lowest BCUT2D eigenvalue weighted by atomic mass is 10.2. The normalized spacial score (nSPS) is 14.7. The molecule has 8 heteroatoms. The zero-order chi connectivity index (χ0) is 18.9. The number of nitrogens with zero attached hydrogens (tertiary/aromatic N) is 2. The van der Waals surface area contributed by atoms with E-state index in [0.717, 1.165) is 29.7 Å². The number of sulfonamides is 1. The lowest BCUT2D eigenvalue weighted by Gasteiger charge is -2.23. The predicted molar refractivity (Wildman–Crippen MR) is 101 cm³/mol. The first-order valence-corrected chi connectivity index (χ1v) is 10.9. The van der Waals surface area contributed by atoms with Crippen LogP contribution in [0.25, 0.3) is 0 Å². The van der Waals surface area contributed by atoms with Gasteiger partial charge in [-0.2, -0.15) is 0 Å². The zero-order valence-corrected chi connectivity index (χ0v) is 16.7. The van der Waals surface area contributed by atoms with Crippen molar-refractivity contribution < 1.29 is 17.9 Å². The molecule has 2 aromatic rings. The highest BCUT2D eigenvalue weighted by Gasteiger charge is 2.33. The molecule has 2 heterocycles. The lowest BCUT2D eigenvalue weighted by Crippen LogP contribution is -2.31. The second-order valence-electron chi connectivity index (χ2n) is 6.29. The Balaban J connectivity index is 2.08. The van der Waals surface area contributed by atoms with Crippen LogP contribution in [-0.4, -0.2) is 32.5 Å². The maximum atomic E-state index is 13.4. The van der Waals surface area contributed by atoms with Crippen LogP contribution in [0, 0.1) is 13.8 Å². The number of aromatic nitrogens is 1. The van der Waals surface area contributed by atoms with Crippen LogP contribution in [-0.2, 0) is 21.2 Å². The number of esters is 1. The number of benzene rings is 1. The minimum Gasteiger partial charge on any atom is -0.461 e. The molecule has 1 aromatic heterocycles. The van der Waals surface area contributed by atoms with Gasteiger partial charge >= 0.3 is 5.97 Å². The van der Waals surface area contributed by atoms with Crippen LogP contribution in [0.15, 0.2) is 23.1 Å². The Morgan fingerprint density at radius 2 is 2.08 bits per heavy atom. The fourth-order valence-electron chi connectivity index (χ4n) is 2.96. The Morgan fingerprint density at radius 1 is 1.31 bits per heavy atom. The first-order valence-electron chi connectivity index (χ1n) is 8.61. The summed E-state index contributed by atoms with van der Waals surface area (Å²) in [5.41, 5.74) is 2.25. The fraction of sp³-hybridized carbons (Fsp3) is 0.444. The highest BCUT2D eigenvalue weighted by Crippen LogP contribution is 2.37. The molecule has 0 atom stereocenters. The van der Waals surface area contributed by atoms with Crippen LogP contribution in [0.4, 0.5) is 5.00 Å². The molecular weight excluding hydrogens is 372 g/mol. The Morgan fingerprint density at radius 3 is 2.81 bits per heavy atom. The molecule has 0 radical (unpaired) electrons. The Hall–Kier alpha value is -1.93. The SMILES string of the molecule is CCOC(=O)c1nc2c(s1)N(S(=O)(=O)c1cc(C)ccc1C)CCCC2. The number of hydrogen-bond acceptors (Lipinski definition) is 6. The largest absolute Gasteiger partial charge is 0.461 e. The van der Waals surface area contributed by atoms with Gasteiger partial charge in [0.25, 0.3) is 10.0 Å². The average Bonchev–Trinajstić information content (AvgIpc) is 2.90. The van der Waals surface area contributed by atoms with Gasteiger partial charge in [0.1, 0.15) is 5.00 Å². The van der Waals surface area contributed by atoms with Crippen molar-refractivity contribution in [3.8, 4) is 0 Å². The summed E-state index contributed by atoms with van der Waals surface area (Å²) in [6.07, 6.45) is 2.24. The Kier molecular flexibility index (Phi) is 5.34. The van der Waals surface area contributed by atoms with Gasteiger partial charge in [0.15, 0.2) is 0 Å². The van der Waals surface area contributed by atoms with Crippen molar-refractivity contribution in [3.63, 3.8) is 0 Å². The molecule has 0 saturated heterocycles. The molecule has 0 saturated carbocycles. The summed E-state index contributed by atoms with van der Waals surface area (Å²) in [6, 6.07) is 5.41. The first kappa shape index (κ1) is 18.8. The van der Waals surface area contributed by atoms with E-state index in [1.54, 1.807) is 19.9 Å². The van der Waals surface area contributed by atoms with Crippen molar-refractivity contribution in [2.75, 3.05) is 17.5 Å². The van der Waals surface area contributed by atoms with Gasteiger partial charge in [0, 0.05) is 6.54 Å². The van der Waals surface area contributed by atoms with Gasteiger partial charge in [-0.1, -0.05) is 23.5 Å². The maximum absolute atomic E-state index is 13.4. The third kappa shape index (κ3) is 3.48. The van der Waals surface area contributed by atoms with E-state index in [4.69, 9.17) is 4.74 Å². The number of carbonyl (C=O) groups excluding carboxylic acids is 1. The molecule has 3 rings (SSSR count). The lowest BCUT2D eigenvalue weighted by molar-refractivity contribution is 0.0525. The van der Waals surface area contributed by atoms with Crippen molar-refractivity contribution in [2.24, 2.45) is 0 Å². The monoisotopic (exact) mass is 394 g/mol. The van der Waals surface area contributed by atoms with Crippen molar-refractivity contribution in [1.82, 2.24) is 4.98 Å². The molecule has 1 aliphatic rings. The summed E-state index contributed by atoms with van der Waals surface area (Å²) in [4.78, 5) is 16.7. The van der Waals surface area contributed by atoms with Gasteiger partial charge in [0.2, 0.25) is 5.01 Å². The predicted octanol–water partition coefficient (Wildman–Crippen LogP) is 3.47. The van der Waals surface area contributed by atoms with E-state index in [0.29, 0.717) is 34.1 Å². The molecule has 6 nitrogen and oxygen atoms in total. The standard InChI is InChI=1S/C18H22N2O4S2/c1-4-24-18(21)16-19-14-7-5-6-10-20(17(14)25-16)26(22,23)15-11-12(2)8-9-13(15)3/h8-9,11H,4-7,10H2,1-3H3. The minimum atomic E-state index is -3.72. The van der Waals surface area contributed by atoms with Gasteiger partial charge in [-0.15, -0.1) is 0 Å². The molecule has 0 bridgehead atoms. The molecule has 26 heavy (non-hydrogen) atoms. The third-order valence-electron chi connectivity index (χ3n) is 4.29. The molecule has 1 aliphatic heterocycles. The van der Waals surface area contributed by atoms with Gasteiger partial charge < -0.3 is 4.74 Å². The van der Waals surface area contributed by atoms with E-state index >= 15 is 0 Å². The zero-order valence-electron chi connectivity index (χ0n) is 15.1. The number of carbonyl (C=O) groups is 1. The van der Waals surface area contributed by atoms with Crippen LogP contribution in [0.1, 0.15) is 46.4 Å². The van der Waals surface area contributed by atoms with E-state index in [-0.39, 0.29) is 11.6 Å². The number of anilines is 1. The molecular formula is C18H22N2O4S2. The summed E-state index contributed by atoms with van der Waals surface area (Å²) in [5.74, 6) is -0.505. The van der Waals surface area contributed by atoms with Gasteiger partial charge in [-0.3, -0.25) is 4.31 Å². The Bertz CT molecular complexity index is 935. The second kappa shape index (κ2) is 7.36. The van der Waals surface area contributed by atoms with Crippen molar-refractivity contribution in [1.29, 1.82) is 0 Å². The smallest absolute Gasteiger partial charge is 0.367 e. The molecule has 140 valence electrons. The van der Waals surface area contributed by atoms with Crippen LogP contribution in [0.2, 0.25) is 0 Å². The van der Waals surface area contributed by atoms with E-state index in [1.165, 1.54) is 4.31 Å². The summed E-state index contributed by atoms with van der Waals surface area (Å²) in [7, 11) is -3.72. The van der Waals surface area contributed by atoms with E-state index in [2.05, 4.69) is 4.98 Å². The van der Waals surface area contributed by atoms with Crippen LogP contribution < -0.4 is 4.31 Å². The quantitative estimate of drug-likeness (QED) is 0.742. The van der Waals surface area contributed by atoms with Crippen molar-refractivity contribution in [2.45, 2.75) is 44.9 Å². The van der Waals surface area contributed by atoms with Crippen LogP contribution >= 0.6 is 11.3 Å². The van der Waals surface area contributed by atoms with Crippen LogP contribution in [0.3, 0.4) is 0 Å². The third-order valence-corrected chi connectivity index (χ3v) is 7.45. The van der Waals surface area contributed by atoms with Crippen molar-refractivity contribution >= 4 is 32.3 Å².